The summed E-state index contributed by atoms with van der Waals surface area (Å²) in [6.07, 6.45) is 1.11. The first kappa shape index (κ1) is 21.4. The summed E-state index contributed by atoms with van der Waals surface area (Å²) in [6, 6.07) is 6.03. The van der Waals surface area contributed by atoms with Gasteiger partial charge in [-0.05, 0) is 18.2 Å². The van der Waals surface area contributed by atoms with Gasteiger partial charge < -0.3 is 15.5 Å². The van der Waals surface area contributed by atoms with Crippen LogP contribution in [0.3, 0.4) is 0 Å². The lowest BCUT2D eigenvalue weighted by molar-refractivity contribution is -0.136. The number of rotatable bonds is 4. The third kappa shape index (κ3) is 5.17. The van der Waals surface area contributed by atoms with Crippen LogP contribution in [-0.4, -0.2) is 69.0 Å². The van der Waals surface area contributed by atoms with E-state index >= 15 is 0 Å². The molecule has 1 heterocycles. The molecule has 0 saturated carbocycles. The van der Waals surface area contributed by atoms with Crippen LogP contribution in [0.25, 0.3) is 0 Å². The van der Waals surface area contributed by atoms with Crippen molar-refractivity contribution in [2.75, 3.05) is 39.0 Å². The van der Waals surface area contributed by atoms with Gasteiger partial charge in [0.25, 0.3) is 5.91 Å². The SMILES string of the molecule is CC(CN)C(=O)N1CCN(C(=O)c2cccc(S(C)(=O)=O)c2)CC1.Cl. The number of carbonyl (C=O) groups is 2. The van der Waals surface area contributed by atoms with Crippen molar-refractivity contribution in [1.82, 2.24) is 9.80 Å². The lowest BCUT2D eigenvalue weighted by Gasteiger charge is -2.36. The normalized spacial score (nSPS) is 16.1. The maximum absolute atomic E-state index is 12.6. The smallest absolute Gasteiger partial charge is 0.254 e. The van der Waals surface area contributed by atoms with Crippen molar-refractivity contribution >= 4 is 34.1 Å². The Labute approximate surface area is 154 Å². The van der Waals surface area contributed by atoms with Crippen molar-refractivity contribution in [3.8, 4) is 0 Å². The number of hydrogen-bond donors (Lipinski definition) is 1. The summed E-state index contributed by atoms with van der Waals surface area (Å²) >= 11 is 0. The minimum atomic E-state index is -3.36. The molecular formula is C16H24ClN3O4S. The number of nitrogens with zero attached hydrogens (tertiary/aromatic N) is 2. The summed E-state index contributed by atoms with van der Waals surface area (Å²) in [5.74, 6) is -0.443. The molecule has 1 aliphatic rings. The van der Waals surface area contributed by atoms with Gasteiger partial charge >= 0.3 is 0 Å². The molecule has 1 unspecified atom stereocenters. The van der Waals surface area contributed by atoms with Crippen LogP contribution >= 0.6 is 12.4 Å². The minimum Gasteiger partial charge on any atom is -0.339 e. The number of benzene rings is 1. The second-order valence-electron chi connectivity index (χ2n) is 6.05. The topological polar surface area (TPSA) is 101 Å². The molecule has 0 aromatic heterocycles. The first-order chi connectivity index (χ1) is 11.2. The zero-order valence-corrected chi connectivity index (χ0v) is 16.0. The Bertz CT molecular complexity index is 731. The Balaban J connectivity index is 0.00000312. The predicted octanol–water partition coefficient (Wildman–Crippen LogP) is 0.391. The highest BCUT2D eigenvalue weighted by molar-refractivity contribution is 7.90. The Morgan fingerprint density at radius 2 is 1.72 bits per heavy atom. The van der Waals surface area contributed by atoms with Crippen molar-refractivity contribution in [1.29, 1.82) is 0 Å². The zero-order chi connectivity index (χ0) is 17.9. The maximum Gasteiger partial charge on any atom is 0.254 e. The Morgan fingerprint density at radius 3 is 2.24 bits per heavy atom. The molecule has 1 aromatic carbocycles. The number of sulfone groups is 1. The van der Waals surface area contributed by atoms with Crippen LogP contribution in [-0.2, 0) is 14.6 Å². The van der Waals surface area contributed by atoms with E-state index in [9.17, 15) is 18.0 Å². The van der Waals surface area contributed by atoms with Crippen molar-refractivity contribution in [2.45, 2.75) is 11.8 Å². The minimum absolute atomic E-state index is 0. The zero-order valence-electron chi connectivity index (χ0n) is 14.3. The first-order valence-corrected chi connectivity index (χ1v) is 9.71. The molecule has 1 atom stereocenters. The average Bonchev–Trinajstić information content (AvgIpc) is 2.59. The summed E-state index contributed by atoms with van der Waals surface area (Å²) < 4.78 is 23.2. The lowest BCUT2D eigenvalue weighted by Crippen LogP contribution is -2.52. The number of hydrogen-bond acceptors (Lipinski definition) is 5. The molecular weight excluding hydrogens is 366 g/mol. The molecule has 2 N–H and O–H groups in total. The third-order valence-corrected chi connectivity index (χ3v) is 5.27. The summed E-state index contributed by atoms with van der Waals surface area (Å²) in [6.45, 7) is 3.85. The van der Waals surface area contributed by atoms with E-state index in [0.717, 1.165) is 6.26 Å². The van der Waals surface area contributed by atoms with Crippen LogP contribution in [0.5, 0.6) is 0 Å². The van der Waals surface area contributed by atoms with Crippen molar-refractivity contribution in [2.24, 2.45) is 11.7 Å². The number of piperazine rings is 1. The van der Waals surface area contributed by atoms with Crippen LogP contribution in [0.1, 0.15) is 17.3 Å². The van der Waals surface area contributed by atoms with Gasteiger partial charge in [-0.25, -0.2) is 8.42 Å². The monoisotopic (exact) mass is 389 g/mol. The molecule has 2 amide bonds. The lowest BCUT2D eigenvalue weighted by atomic mass is 10.1. The van der Waals surface area contributed by atoms with E-state index in [0.29, 0.717) is 38.3 Å². The third-order valence-electron chi connectivity index (χ3n) is 4.16. The average molecular weight is 390 g/mol. The standard InChI is InChI=1S/C16H23N3O4S.ClH/c1-12(11-17)15(20)18-6-8-19(9-7-18)16(21)13-4-3-5-14(10-13)24(2,22)23;/h3-5,10,12H,6-9,11,17H2,1-2H3;1H. The van der Waals surface area contributed by atoms with Gasteiger partial charge in [0.1, 0.15) is 0 Å². The van der Waals surface area contributed by atoms with Gasteiger partial charge in [-0.15, -0.1) is 12.4 Å². The molecule has 7 nitrogen and oxygen atoms in total. The Morgan fingerprint density at radius 1 is 1.16 bits per heavy atom. The molecule has 0 spiro atoms. The molecule has 2 rings (SSSR count). The fraction of sp³-hybridized carbons (Fsp3) is 0.500. The summed E-state index contributed by atoms with van der Waals surface area (Å²) in [5.41, 5.74) is 5.86. The van der Waals surface area contributed by atoms with Crippen LogP contribution in [0, 0.1) is 5.92 Å². The molecule has 9 heteroatoms. The fourth-order valence-electron chi connectivity index (χ4n) is 2.58. The highest BCUT2D eigenvalue weighted by Gasteiger charge is 2.27. The van der Waals surface area contributed by atoms with Crippen molar-refractivity contribution in [3.05, 3.63) is 29.8 Å². The summed E-state index contributed by atoms with van der Waals surface area (Å²) in [5, 5.41) is 0. The van der Waals surface area contributed by atoms with E-state index < -0.39 is 9.84 Å². The highest BCUT2D eigenvalue weighted by Crippen LogP contribution is 2.15. The van der Waals surface area contributed by atoms with Crippen LogP contribution < -0.4 is 5.73 Å². The Hall–Kier alpha value is -1.64. The molecule has 0 aliphatic carbocycles. The molecule has 0 radical (unpaired) electrons. The van der Waals surface area contributed by atoms with Gasteiger partial charge in [-0.3, -0.25) is 9.59 Å². The van der Waals surface area contributed by atoms with E-state index in [-0.39, 0.29) is 35.0 Å². The first-order valence-electron chi connectivity index (χ1n) is 7.82. The van der Waals surface area contributed by atoms with E-state index in [1.165, 1.54) is 12.1 Å². The van der Waals surface area contributed by atoms with Gasteiger partial charge in [0.15, 0.2) is 9.84 Å². The maximum atomic E-state index is 12.6. The van der Waals surface area contributed by atoms with Crippen molar-refractivity contribution < 1.29 is 18.0 Å². The summed E-state index contributed by atoms with van der Waals surface area (Å²) in [7, 11) is -3.36. The molecule has 1 saturated heterocycles. The number of nitrogens with two attached hydrogens (primary N) is 1. The second kappa shape index (κ2) is 8.64. The summed E-state index contributed by atoms with van der Waals surface area (Å²) in [4.78, 5) is 28.1. The molecule has 1 aliphatic heterocycles. The van der Waals surface area contributed by atoms with Crippen LogP contribution in [0.2, 0.25) is 0 Å². The molecule has 25 heavy (non-hydrogen) atoms. The van der Waals surface area contributed by atoms with Gasteiger partial charge in [-0.1, -0.05) is 13.0 Å². The van der Waals surface area contributed by atoms with Gasteiger partial charge in [0, 0.05) is 50.5 Å². The predicted molar refractivity (Wildman–Crippen MR) is 97.5 cm³/mol. The van der Waals surface area contributed by atoms with Gasteiger partial charge in [-0.2, -0.15) is 0 Å². The van der Waals surface area contributed by atoms with E-state index in [4.69, 9.17) is 5.73 Å². The number of halogens is 1. The fourth-order valence-corrected chi connectivity index (χ4v) is 3.25. The van der Waals surface area contributed by atoms with Crippen LogP contribution in [0.15, 0.2) is 29.2 Å². The molecule has 0 bridgehead atoms. The van der Waals surface area contributed by atoms with Gasteiger partial charge in [0.05, 0.1) is 4.90 Å². The van der Waals surface area contributed by atoms with E-state index in [1.807, 2.05) is 0 Å². The van der Waals surface area contributed by atoms with E-state index in [2.05, 4.69) is 0 Å². The quantitative estimate of drug-likeness (QED) is 0.802. The molecule has 1 fully saturated rings. The van der Waals surface area contributed by atoms with E-state index in [1.54, 1.807) is 28.9 Å². The largest absolute Gasteiger partial charge is 0.339 e. The Kier molecular flexibility index (Phi) is 7.40. The van der Waals surface area contributed by atoms with Crippen LogP contribution in [0.4, 0.5) is 0 Å². The van der Waals surface area contributed by atoms with Gasteiger partial charge in [0.2, 0.25) is 5.91 Å². The molecule has 140 valence electrons. The number of amides is 2. The highest BCUT2D eigenvalue weighted by atomic mass is 35.5. The number of carbonyl (C=O) groups excluding carboxylic acids is 2. The van der Waals surface area contributed by atoms with Crippen molar-refractivity contribution in [3.63, 3.8) is 0 Å². The molecule has 1 aromatic rings. The second-order valence-corrected chi connectivity index (χ2v) is 8.07.